The Hall–Kier alpha value is -3.62. The number of pyridine rings is 2. The quantitative estimate of drug-likeness (QED) is 0.584. The number of carbonyl (C=O) groups is 1. The van der Waals surface area contributed by atoms with E-state index >= 15 is 0 Å². The van der Waals surface area contributed by atoms with Crippen LogP contribution in [-0.4, -0.2) is 66.2 Å². The second-order valence-corrected chi connectivity index (χ2v) is 8.65. The van der Waals surface area contributed by atoms with E-state index in [1.165, 1.54) is 0 Å². The van der Waals surface area contributed by atoms with Crippen LogP contribution in [0.25, 0.3) is 11.1 Å². The van der Waals surface area contributed by atoms with Crippen LogP contribution in [0.15, 0.2) is 60.0 Å². The van der Waals surface area contributed by atoms with Gasteiger partial charge in [-0.25, -0.2) is 0 Å². The summed E-state index contributed by atoms with van der Waals surface area (Å²) in [5, 5.41) is 6.18. The molecule has 170 valence electrons. The van der Waals surface area contributed by atoms with E-state index in [2.05, 4.69) is 36.6 Å². The van der Waals surface area contributed by atoms with E-state index in [1.807, 2.05) is 75.8 Å². The molecule has 2 aromatic heterocycles. The van der Waals surface area contributed by atoms with Gasteiger partial charge in [-0.1, -0.05) is 6.07 Å². The summed E-state index contributed by atoms with van der Waals surface area (Å²) >= 11 is 0. The molecule has 0 saturated carbocycles. The summed E-state index contributed by atoms with van der Waals surface area (Å²) in [7, 11) is 8.05. The molecule has 1 aliphatic rings. The van der Waals surface area contributed by atoms with E-state index in [0.29, 0.717) is 18.1 Å². The first-order chi connectivity index (χ1) is 15.9. The normalized spacial score (nSPS) is 12.8. The van der Waals surface area contributed by atoms with Crippen LogP contribution in [0, 0.1) is 0 Å². The van der Waals surface area contributed by atoms with Crippen molar-refractivity contribution in [2.75, 3.05) is 45.5 Å². The van der Waals surface area contributed by atoms with Crippen molar-refractivity contribution in [2.24, 2.45) is 4.99 Å². The van der Waals surface area contributed by atoms with Gasteiger partial charge in [-0.15, -0.1) is 0 Å². The second-order valence-electron chi connectivity index (χ2n) is 8.65. The monoisotopic (exact) mass is 443 g/mol. The van der Waals surface area contributed by atoms with Crippen LogP contribution < -0.4 is 10.6 Å². The van der Waals surface area contributed by atoms with Gasteiger partial charge in [0.2, 0.25) is 0 Å². The number of anilines is 2. The first-order valence-electron chi connectivity index (χ1n) is 10.8. The first-order valence-corrected chi connectivity index (χ1v) is 10.8. The maximum absolute atomic E-state index is 13.1. The number of amides is 1. The predicted octanol–water partition coefficient (Wildman–Crippen LogP) is 3.08. The number of benzene rings is 1. The van der Waals surface area contributed by atoms with Crippen LogP contribution >= 0.6 is 0 Å². The number of nitrogens with one attached hydrogen (secondary N) is 2. The lowest BCUT2D eigenvalue weighted by Gasteiger charge is -2.19. The van der Waals surface area contributed by atoms with Gasteiger partial charge in [0.05, 0.1) is 17.6 Å². The zero-order chi connectivity index (χ0) is 23.4. The number of nitrogens with zero attached hydrogens (tertiary/aromatic N) is 5. The molecule has 0 bridgehead atoms. The minimum atomic E-state index is -0.253. The van der Waals surface area contributed by atoms with Gasteiger partial charge in [0.1, 0.15) is 12.4 Å². The molecule has 1 aliphatic heterocycles. The van der Waals surface area contributed by atoms with Gasteiger partial charge in [0.25, 0.3) is 5.91 Å². The lowest BCUT2D eigenvalue weighted by atomic mass is 9.98. The lowest BCUT2D eigenvalue weighted by Crippen LogP contribution is -2.28. The maximum Gasteiger partial charge on any atom is 0.274 e. The maximum atomic E-state index is 13.1. The third kappa shape index (κ3) is 5.60. The van der Waals surface area contributed by atoms with Crippen molar-refractivity contribution in [1.82, 2.24) is 19.8 Å². The van der Waals surface area contributed by atoms with Crippen LogP contribution in [0.2, 0.25) is 0 Å². The summed E-state index contributed by atoms with van der Waals surface area (Å²) in [4.78, 5) is 30.5. The average molecular weight is 444 g/mol. The molecular weight excluding hydrogens is 414 g/mol. The average Bonchev–Trinajstić information content (AvgIpc) is 2.79. The zero-order valence-electron chi connectivity index (χ0n) is 19.5. The largest absolute Gasteiger partial charge is 0.366 e. The molecule has 0 aliphatic carbocycles. The lowest BCUT2D eigenvalue weighted by molar-refractivity contribution is -0.110. The molecule has 1 aromatic carbocycles. The minimum Gasteiger partial charge on any atom is -0.366 e. The highest BCUT2D eigenvalue weighted by molar-refractivity contribution is 6.50. The van der Waals surface area contributed by atoms with Gasteiger partial charge < -0.3 is 20.4 Å². The van der Waals surface area contributed by atoms with Crippen molar-refractivity contribution in [2.45, 2.75) is 13.1 Å². The molecule has 0 fully saturated rings. The van der Waals surface area contributed by atoms with E-state index in [-0.39, 0.29) is 5.91 Å². The predicted molar refractivity (Wildman–Crippen MR) is 132 cm³/mol. The highest BCUT2D eigenvalue weighted by Gasteiger charge is 2.21. The van der Waals surface area contributed by atoms with Gasteiger partial charge in [0, 0.05) is 42.3 Å². The summed E-state index contributed by atoms with van der Waals surface area (Å²) in [5.74, 6) is -0.253. The van der Waals surface area contributed by atoms with Gasteiger partial charge >= 0.3 is 0 Å². The third-order valence-corrected chi connectivity index (χ3v) is 5.18. The molecule has 0 spiro atoms. The molecule has 33 heavy (non-hydrogen) atoms. The molecule has 3 aromatic rings. The highest BCUT2D eigenvalue weighted by atomic mass is 16.1. The molecule has 0 unspecified atom stereocenters. The van der Waals surface area contributed by atoms with E-state index in [0.717, 1.165) is 46.7 Å². The molecule has 1 amide bonds. The van der Waals surface area contributed by atoms with Crippen LogP contribution in [0.1, 0.15) is 16.8 Å². The molecule has 8 heteroatoms. The van der Waals surface area contributed by atoms with Crippen molar-refractivity contribution in [3.8, 4) is 11.1 Å². The Labute approximate surface area is 194 Å². The number of fused-ring (bicyclic) bond motifs is 1. The summed E-state index contributed by atoms with van der Waals surface area (Å²) < 4.78 is 0. The van der Waals surface area contributed by atoms with Crippen LogP contribution in [0.3, 0.4) is 0 Å². The van der Waals surface area contributed by atoms with Crippen molar-refractivity contribution >= 4 is 23.0 Å². The fourth-order valence-corrected chi connectivity index (χ4v) is 3.76. The number of rotatable bonds is 7. The van der Waals surface area contributed by atoms with Crippen LogP contribution in [0.5, 0.6) is 0 Å². The molecule has 0 saturated heterocycles. The Morgan fingerprint density at radius 3 is 2.52 bits per heavy atom. The Kier molecular flexibility index (Phi) is 6.76. The molecule has 2 N–H and O–H groups in total. The van der Waals surface area contributed by atoms with E-state index in [4.69, 9.17) is 0 Å². The van der Waals surface area contributed by atoms with Crippen LogP contribution in [-0.2, 0) is 17.9 Å². The SMILES string of the molecule is CN(C)Cc1cncc(-c2ccc3c(c2)C(C(=O)Nc2ccc(CN(C)C)nc2)=NCN3)c1. The van der Waals surface area contributed by atoms with Crippen molar-refractivity contribution < 1.29 is 4.79 Å². The molecule has 0 atom stereocenters. The Bertz CT molecular complexity index is 1170. The van der Waals surface area contributed by atoms with Crippen molar-refractivity contribution in [3.05, 3.63) is 71.8 Å². The van der Waals surface area contributed by atoms with Gasteiger partial charge in [-0.2, -0.15) is 0 Å². The number of aromatic nitrogens is 2. The second kappa shape index (κ2) is 9.89. The molecule has 3 heterocycles. The zero-order valence-corrected chi connectivity index (χ0v) is 19.5. The Morgan fingerprint density at radius 2 is 1.79 bits per heavy atom. The van der Waals surface area contributed by atoms with Gasteiger partial charge in [-0.3, -0.25) is 19.8 Å². The summed E-state index contributed by atoms with van der Waals surface area (Å²) in [6.45, 7) is 1.91. The number of carbonyl (C=O) groups excluding carboxylic acids is 1. The minimum absolute atomic E-state index is 0.253. The fourth-order valence-electron chi connectivity index (χ4n) is 3.76. The molecule has 8 nitrogen and oxygen atoms in total. The van der Waals surface area contributed by atoms with Gasteiger partial charge in [0.15, 0.2) is 0 Å². The Morgan fingerprint density at radius 1 is 0.970 bits per heavy atom. The summed E-state index contributed by atoms with van der Waals surface area (Å²) in [6.07, 6.45) is 5.40. The first kappa shape index (κ1) is 22.6. The Balaban J connectivity index is 1.56. The molecule has 4 rings (SSSR count). The number of hydrogen-bond acceptors (Lipinski definition) is 7. The smallest absolute Gasteiger partial charge is 0.274 e. The molecular formula is C25H29N7O. The van der Waals surface area contributed by atoms with Crippen molar-refractivity contribution in [1.29, 1.82) is 0 Å². The fraction of sp³-hybridized carbons (Fsp3) is 0.280. The molecule has 0 radical (unpaired) electrons. The highest BCUT2D eigenvalue weighted by Crippen LogP contribution is 2.28. The van der Waals surface area contributed by atoms with Gasteiger partial charge in [-0.05, 0) is 69.6 Å². The standard InChI is InChI=1S/C25H29N7O/c1-31(2)14-17-9-19(12-26-11-17)18-5-8-23-22(10-18)24(29-16-28-23)25(33)30-20-6-7-21(27-13-20)15-32(3)4/h5-13,28H,14-16H2,1-4H3,(H,30,33). The summed E-state index contributed by atoms with van der Waals surface area (Å²) in [5.41, 5.74) is 6.76. The van der Waals surface area contributed by atoms with E-state index in [1.54, 1.807) is 6.20 Å². The van der Waals surface area contributed by atoms with E-state index in [9.17, 15) is 4.79 Å². The summed E-state index contributed by atoms with van der Waals surface area (Å²) in [6, 6.07) is 11.9. The third-order valence-electron chi connectivity index (χ3n) is 5.18. The topological polar surface area (TPSA) is 85.8 Å². The number of hydrogen-bond donors (Lipinski definition) is 2. The van der Waals surface area contributed by atoms with Crippen LogP contribution in [0.4, 0.5) is 11.4 Å². The van der Waals surface area contributed by atoms with Crippen molar-refractivity contribution in [3.63, 3.8) is 0 Å². The number of aliphatic imine (C=N–C) groups is 1. The van der Waals surface area contributed by atoms with E-state index < -0.39 is 0 Å².